The summed E-state index contributed by atoms with van der Waals surface area (Å²) in [6, 6.07) is 113. The average Bonchev–Trinajstić information content (AvgIpc) is 1.61. The van der Waals surface area contributed by atoms with Gasteiger partial charge < -0.3 is 23.5 Å². The van der Waals surface area contributed by atoms with E-state index in [9.17, 15) is 0 Å². The number of benzene rings is 14. The third-order valence-electron chi connectivity index (χ3n) is 21.9. The van der Waals surface area contributed by atoms with Gasteiger partial charge in [0.2, 0.25) is 0 Å². The minimum absolute atomic E-state index is 0.0181. The zero-order valence-corrected chi connectivity index (χ0v) is 63.0. The molecule has 3 heterocycles. The molecule has 0 saturated carbocycles. The van der Waals surface area contributed by atoms with Gasteiger partial charge in [-0.2, -0.15) is 0 Å². The molecule has 0 atom stereocenters. The molecule has 0 fully saturated rings. The van der Waals surface area contributed by atoms with Crippen LogP contribution in [0, 0.1) is 13.8 Å². The first-order valence-corrected chi connectivity index (χ1v) is 37.3. The van der Waals surface area contributed by atoms with Gasteiger partial charge in [0.15, 0.2) is 0 Å². The number of fused-ring (bicyclic) bond motifs is 11. The molecule has 3 aromatic heterocycles. The summed E-state index contributed by atoms with van der Waals surface area (Å²) in [5.41, 5.74) is 29.0. The van der Waals surface area contributed by atoms with Crippen molar-refractivity contribution in [3.05, 3.63) is 331 Å². The van der Waals surface area contributed by atoms with Gasteiger partial charge in [0.05, 0.1) is 38.8 Å². The first kappa shape index (κ1) is 66.6. The van der Waals surface area contributed by atoms with Gasteiger partial charge in [-0.3, -0.25) is 0 Å². The van der Waals surface area contributed by atoms with E-state index in [1.807, 2.05) is 0 Å². The van der Waals surface area contributed by atoms with Crippen LogP contribution in [0.15, 0.2) is 297 Å². The topological polar surface area (TPSA) is 21.3 Å². The number of aromatic nitrogens is 3. The molecule has 0 aliphatic carbocycles. The Morgan fingerprint density at radius 1 is 0.219 bits per heavy atom. The smallest absolute Gasteiger partial charge is 0.0568 e. The SMILES string of the molecule is Cc1cccc(-c2ccc(N(c3cccc(-n4c5ccc(C(C)(C)C)cc5c5cc(C(C)(C)C)ccc54)c3)c3ccc4c5c6ccccc6c(N(c6ccc(-c7cccc(C)c7)cc6)c6cccc(-n7c8ccc(C(C)(C)C)cc8c8cc(C(C)(C)C)ccc87)c6)cc5n(-c5ccccc5)c4c3)cc2)c1. The van der Waals surface area contributed by atoms with Crippen molar-refractivity contribution in [2.24, 2.45) is 0 Å². The van der Waals surface area contributed by atoms with E-state index in [0.717, 1.165) is 67.6 Å². The normalized spacial score (nSPS) is 12.5. The summed E-state index contributed by atoms with van der Waals surface area (Å²) in [6.07, 6.45) is 0. The second kappa shape index (κ2) is 25.1. The molecule has 0 radical (unpaired) electrons. The Labute approximate surface area is 618 Å². The maximum atomic E-state index is 2.51. The number of hydrogen-bond donors (Lipinski definition) is 0. The van der Waals surface area contributed by atoms with Crippen molar-refractivity contribution >= 4 is 110 Å². The summed E-state index contributed by atoms with van der Waals surface area (Å²) in [4.78, 5) is 4.97. The van der Waals surface area contributed by atoms with Gasteiger partial charge in [0.1, 0.15) is 0 Å². The van der Waals surface area contributed by atoms with Crippen LogP contribution in [-0.4, -0.2) is 13.7 Å². The van der Waals surface area contributed by atoms with Crippen molar-refractivity contribution in [1.82, 2.24) is 13.7 Å². The van der Waals surface area contributed by atoms with E-state index in [4.69, 9.17) is 0 Å². The third-order valence-corrected chi connectivity index (χ3v) is 21.9. The summed E-state index contributed by atoms with van der Waals surface area (Å²) in [6.45, 7) is 32.1. The van der Waals surface area contributed by atoms with Gasteiger partial charge in [-0.05, 0) is 225 Å². The van der Waals surface area contributed by atoms with Gasteiger partial charge in [0, 0.05) is 83.2 Å². The van der Waals surface area contributed by atoms with Gasteiger partial charge in [-0.25, -0.2) is 0 Å². The van der Waals surface area contributed by atoms with Crippen molar-refractivity contribution in [2.45, 2.75) is 119 Å². The van der Waals surface area contributed by atoms with E-state index in [0.29, 0.717) is 0 Å². The molecular weight excluding hydrogens is 1270 g/mol. The van der Waals surface area contributed by atoms with Crippen molar-refractivity contribution in [3.63, 3.8) is 0 Å². The predicted molar refractivity (Wildman–Crippen MR) is 451 cm³/mol. The molecule has 14 aromatic carbocycles. The number of para-hydroxylation sites is 1. The minimum atomic E-state index is -0.0224. The van der Waals surface area contributed by atoms with E-state index < -0.39 is 0 Å². The van der Waals surface area contributed by atoms with Gasteiger partial charge >= 0.3 is 0 Å². The molecule has 0 aliphatic heterocycles. The van der Waals surface area contributed by atoms with Crippen LogP contribution in [0.3, 0.4) is 0 Å². The molecule has 0 aliphatic rings. The molecule has 5 nitrogen and oxygen atoms in total. The highest BCUT2D eigenvalue weighted by Crippen LogP contribution is 2.50. The van der Waals surface area contributed by atoms with E-state index in [-0.39, 0.29) is 21.7 Å². The van der Waals surface area contributed by atoms with Crippen LogP contribution in [0.4, 0.5) is 34.1 Å². The molecule has 0 saturated heterocycles. The first-order valence-electron chi connectivity index (χ1n) is 37.3. The first-order chi connectivity index (χ1) is 50.4. The summed E-state index contributed by atoms with van der Waals surface area (Å²) >= 11 is 0. The number of anilines is 6. The molecule has 0 amide bonds. The molecule has 0 unspecified atom stereocenters. The quantitative estimate of drug-likeness (QED) is 0.129. The largest absolute Gasteiger partial charge is 0.310 e. The fraction of sp³-hybridized carbons (Fsp3) is 0.180. The highest BCUT2D eigenvalue weighted by atomic mass is 15.2. The Hall–Kier alpha value is -11.7. The standard InChI is InChI=1S/C100H91N5/c1-64-24-20-26-68(54-64)66-36-44-75(45-37-66)101(77-30-22-32-79(60-77)104-89-50-40-70(97(3,4)5)56-85(89)86-57-71(98(6,7)8)41-51-90(86)104)81-48-49-84-93(62-81)103(74-28-16-15-17-29-74)95-63-94(82-34-18-19-35-83(82)96(84)95)102(76-46-38-67(39-47-76)69-27-21-25-65(2)55-69)78-31-23-33-80(61-78)105-91-52-42-72(99(9,10)11)58-87(91)88-59-73(100(12,13)14)43-53-92(88)105/h15-63H,1-14H3. The lowest BCUT2D eigenvalue weighted by Crippen LogP contribution is -2.12. The summed E-state index contributed by atoms with van der Waals surface area (Å²) in [7, 11) is 0. The second-order valence-corrected chi connectivity index (χ2v) is 33.3. The minimum Gasteiger partial charge on any atom is -0.310 e. The summed E-state index contributed by atoms with van der Waals surface area (Å²) in [5, 5.41) is 9.76. The zero-order valence-electron chi connectivity index (χ0n) is 63.0. The van der Waals surface area contributed by atoms with Crippen molar-refractivity contribution < 1.29 is 0 Å². The zero-order chi connectivity index (χ0) is 72.6. The second-order valence-electron chi connectivity index (χ2n) is 33.3. The molecule has 516 valence electrons. The van der Waals surface area contributed by atoms with Gasteiger partial charge in [-0.1, -0.05) is 252 Å². The lowest BCUT2D eigenvalue weighted by molar-refractivity contribution is 0.590. The van der Waals surface area contributed by atoms with Crippen LogP contribution in [0.5, 0.6) is 0 Å². The number of nitrogens with zero attached hydrogens (tertiary/aromatic N) is 5. The van der Waals surface area contributed by atoms with Crippen LogP contribution in [0.25, 0.3) is 116 Å². The third kappa shape index (κ3) is 11.8. The molecule has 0 spiro atoms. The van der Waals surface area contributed by atoms with Gasteiger partial charge in [-0.15, -0.1) is 0 Å². The molecule has 0 N–H and O–H groups in total. The molecule has 105 heavy (non-hydrogen) atoms. The van der Waals surface area contributed by atoms with Crippen molar-refractivity contribution in [1.29, 1.82) is 0 Å². The van der Waals surface area contributed by atoms with Crippen molar-refractivity contribution in [3.8, 4) is 39.3 Å². The van der Waals surface area contributed by atoms with Gasteiger partial charge in [0.25, 0.3) is 0 Å². The molecular formula is C100H91N5. The Balaban J connectivity index is 0.891. The predicted octanol–water partition coefficient (Wildman–Crippen LogP) is 28.2. The molecule has 5 heteroatoms. The maximum Gasteiger partial charge on any atom is 0.0568 e. The molecule has 17 rings (SSSR count). The fourth-order valence-corrected chi connectivity index (χ4v) is 16.2. The van der Waals surface area contributed by atoms with E-state index >= 15 is 0 Å². The van der Waals surface area contributed by atoms with Crippen LogP contribution in [0.1, 0.15) is 116 Å². The highest BCUT2D eigenvalue weighted by molar-refractivity contribution is 6.25. The summed E-state index contributed by atoms with van der Waals surface area (Å²) in [5.74, 6) is 0. The van der Waals surface area contributed by atoms with Crippen LogP contribution >= 0.6 is 0 Å². The Morgan fingerprint density at radius 2 is 0.590 bits per heavy atom. The van der Waals surface area contributed by atoms with Crippen LogP contribution in [-0.2, 0) is 21.7 Å². The lowest BCUT2D eigenvalue weighted by atomic mass is 9.85. The van der Waals surface area contributed by atoms with Crippen LogP contribution in [0.2, 0.25) is 0 Å². The average molecular weight is 1360 g/mol. The van der Waals surface area contributed by atoms with Crippen molar-refractivity contribution in [2.75, 3.05) is 9.80 Å². The van der Waals surface area contributed by atoms with E-state index in [1.54, 1.807) is 0 Å². The Morgan fingerprint density at radius 3 is 1.03 bits per heavy atom. The number of hydrogen-bond acceptors (Lipinski definition) is 2. The monoisotopic (exact) mass is 1360 g/mol. The van der Waals surface area contributed by atoms with Crippen LogP contribution < -0.4 is 9.80 Å². The lowest BCUT2D eigenvalue weighted by Gasteiger charge is -2.28. The number of rotatable bonds is 11. The Bertz CT molecular complexity index is 6120. The highest BCUT2D eigenvalue weighted by Gasteiger charge is 2.28. The molecule has 0 bridgehead atoms. The van der Waals surface area contributed by atoms with E-state index in [1.165, 1.54) is 115 Å². The Kier molecular flexibility index (Phi) is 15.9. The fourth-order valence-electron chi connectivity index (χ4n) is 16.2. The number of aryl methyl sites for hydroxylation is 2. The molecule has 17 aromatic rings. The summed E-state index contributed by atoms with van der Waals surface area (Å²) < 4.78 is 7.49. The maximum absolute atomic E-state index is 2.51. The van der Waals surface area contributed by atoms with E-state index in [2.05, 4.69) is 418 Å².